The van der Waals surface area contributed by atoms with Gasteiger partial charge in [-0.15, -0.1) is 0 Å². The van der Waals surface area contributed by atoms with Crippen molar-refractivity contribution in [1.29, 1.82) is 0 Å². The largest absolute Gasteiger partial charge is 0.376 e. The minimum absolute atomic E-state index is 0.0597. The summed E-state index contributed by atoms with van der Waals surface area (Å²) in [4.78, 5) is 24.5. The van der Waals surface area contributed by atoms with Crippen LogP contribution in [0.25, 0.3) is 0 Å². The molecule has 2 amide bonds. The number of hydrogen-bond acceptors (Lipinski definition) is 4. The Morgan fingerprint density at radius 1 is 1.35 bits per heavy atom. The minimum atomic E-state index is -0.221. The van der Waals surface area contributed by atoms with E-state index in [0.29, 0.717) is 17.8 Å². The maximum atomic E-state index is 12.4. The molecule has 2 heterocycles. The zero-order valence-corrected chi connectivity index (χ0v) is 13.2. The van der Waals surface area contributed by atoms with Gasteiger partial charge in [0, 0.05) is 19.4 Å². The quantitative estimate of drug-likeness (QED) is 0.922. The Morgan fingerprint density at radius 3 is 2.83 bits per heavy atom. The van der Waals surface area contributed by atoms with Gasteiger partial charge in [0.2, 0.25) is 5.91 Å². The summed E-state index contributed by atoms with van der Waals surface area (Å²) in [6.45, 7) is 2.69. The average molecular weight is 315 g/mol. The Hall–Kier alpha value is -2.21. The van der Waals surface area contributed by atoms with E-state index in [9.17, 15) is 9.59 Å². The molecule has 0 saturated carbocycles. The number of benzene rings is 1. The van der Waals surface area contributed by atoms with Crippen LogP contribution < -0.4 is 10.3 Å². The van der Waals surface area contributed by atoms with Crippen LogP contribution in [-0.4, -0.2) is 36.3 Å². The van der Waals surface area contributed by atoms with E-state index in [0.717, 1.165) is 19.4 Å². The van der Waals surface area contributed by atoms with Gasteiger partial charge in [0.1, 0.15) is 5.71 Å². The van der Waals surface area contributed by atoms with E-state index in [4.69, 9.17) is 4.74 Å². The zero-order valence-electron chi connectivity index (χ0n) is 13.2. The second kappa shape index (κ2) is 6.91. The van der Waals surface area contributed by atoms with Gasteiger partial charge in [0.05, 0.1) is 17.8 Å². The van der Waals surface area contributed by atoms with Gasteiger partial charge in [0.25, 0.3) is 5.91 Å². The van der Waals surface area contributed by atoms with Crippen molar-refractivity contribution >= 4 is 23.2 Å². The van der Waals surface area contributed by atoms with Crippen molar-refractivity contribution in [3.8, 4) is 0 Å². The Labute approximate surface area is 135 Å². The first kappa shape index (κ1) is 15.7. The Bertz CT molecular complexity index is 609. The van der Waals surface area contributed by atoms with Crippen molar-refractivity contribution < 1.29 is 14.3 Å². The molecule has 2 atom stereocenters. The van der Waals surface area contributed by atoms with Crippen LogP contribution in [-0.2, 0) is 14.3 Å². The van der Waals surface area contributed by atoms with E-state index >= 15 is 0 Å². The first-order chi connectivity index (χ1) is 11.1. The molecule has 2 aliphatic heterocycles. The second-order valence-electron chi connectivity index (χ2n) is 5.90. The molecule has 6 heteroatoms. The van der Waals surface area contributed by atoms with Gasteiger partial charge < -0.3 is 10.1 Å². The van der Waals surface area contributed by atoms with Crippen molar-refractivity contribution in [2.75, 3.05) is 11.6 Å². The number of anilines is 1. The fraction of sp³-hybridized carbons (Fsp3) is 0.471. The third-order valence-corrected chi connectivity index (χ3v) is 4.18. The van der Waals surface area contributed by atoms with Crippen molar-refractivity contribution in [2.45, 2.75) is 44.8 Å². The van der Waals surface area contributed by atoms with E-state index in [2.05, 4.69) is 10.4 Å². The summed E-state index contributed by atoms with van der Waals surface area (Å²) in [6.07, 6.45) is 2.71. The summed E-state index contributed by atoms with van der Waals surface area (Å²) < 4.78 is 5.59. The Morgan fingerprint density at radius 2 is 2.13 bits per heavy atom. The van der Waals surface area contributed by atoms with Crippen molar-refractivity contribution in [2.24, 2.45) is 5.10 Å². The molecule has 0 aliphatic carbocycles. The van der Waals surface area contributed by atoms with E-state index in [1.807, 2.05) is 25.1 Å². The molecule has 1 aromatic carbocycles. The molecule has 122 valence electrons. The lowest BCUT2D eigenvalue weighted by atomic mass is 10.1. The van der Waals surface area contributed by atoms with Gasteiger partial charge in [-0.1, -0.05) is 18.2 Å². The highest BCUT2D eigenvalue weighted by Crippen LogP contribution is 2.20. The fourth-order valence-electron chi connectivity index (χ4n) is 2.87. The third-order valence-electron chi connectivity index (χ3n) is 4.18. The molecule has 1 N–H and O–H groups in total. The summed E-state index contributed by atoms with van der Waals surface area (Å²) in [5, 5.41) is 8.52. The van der Waals surface area contributed by atoms with Crippen molar-refractivity contribution in [1.82, 2.24) is 5.32 Å². The second-order valence-corrected chi connectivity index (χ2v) is 5.90. The van der Waals surface area contributed by atoms with Crippen LogP contribution in [0.2, 0.25) is 0 Å². The van der Waals surface area contributed by atoms with Crippen LogP contribution in [0.15, 0.2) is 35.4 Å². The number of nitrogens with zero attached hydrogens (tertiary/aromatic N) is 2. The molecule has 1 fully saturated rings. The van der Waals surface area contributed by atoms with Gasteiger partial charge in [0.15, 0.2) is 0 Å². The zero-order chi connectivity index (χ0) is 16.2. The number of amides is 2. The molecule has 3 rings (SSSR count). The molecule has 1 aromatic rings. The monoisotopic (exact) mass is 315 g/mol. The van der Waals surface area contributed by atoms with E-state index < -0.39 is 0 Å². The summed E-state index contributed by atoms with van der Waals surface area (Å²) >= 11 is 0. The number of nitrogens with one attached hydrogen (secondary N) is 1. The summed E-state index contributed by atoms with van der Waals surface area (Å²) in [5.74, 6) is -0.318. The van der Waals surface area contributed by atoms with Crippen LogP contribution >= 0.6 is 0 Å². The Balaban J connectivity index is 1.71. The highest BCUT2D eigenvalue weighted by molar-refractivity contribution is 6.40. The third kappa shape index (κ3) is 3.59. The van der Waals surface area contributed by atoms with Crippen LogP contribution in [0, 0.1) is 0 Å². The molecule has 0 spiro atoms. The first-order valence-electron chi connectivity index (χ1n) is 8.03. The van der Waals surface area contributed by atoms with E-state index in [1.54, 1.807) is 12.1 Å². The maximum Gasteiger partial charge on any atom is 0.267 e. The molecule has 0 radical (unpaired) electrons. The first-order valence-corrected chi connectivity index (χ1v) is 8.03. The van der Waals surface area contributed by atoms with E-state index in [-0.39, 0.29) is 30.4 Å². The number of hydrogen-bond donors (Lipinski definition) is 1. The van der Waals surface area contributed by atoms with Gasteiger partial charge in [-0.3, -0.25) is 9.59 Å². The highest BCUT2D eigenvalue weighted by Gasteiger charge is 2.28. The maximum absolute atomic E-state index is 12.4. The normalized spacial score (nSPS) is 22.7. The number of ether oxygens (including phenoxy) is 1. The number of hydrazone groups is 1. The molecule has 0 bridgehead atoms. The van der Waals surface area contributed by atoms with Crippen LogP contribution in [0.4, 0.5) is 5.69 Å². The summed E-state index contributed by atoms with van der Waals surface area (Å²) in [6, 6.07) is 9.10. The molecular formula is C17H21N3O3. The molecule has 1 saturated heterocycles. The predicted molar refractivity (Wildman–Crippen MR) is 87.2 cm³/mol. The molecule has 2 aliphatic rings. The number of carbonyl (C=O) groups is 2. The summed E-state index contributed by atoms with van der Waals surface area (Å²) in [5.41, 5.74) is 1.06. The lowest BCUT2D eigenvalue weighted by molar-refractivity contribution is -0.119. The molecule has 0 unspecified atom stereocenters. The number of carbonyl (C=O) groups excluding carboxylic acids is 2. The van der Waals surface area contributed by atoms with Crippen LogP contribution in [0.3, 0.4) is 0 Å². The molecular weight excluding hydrogens is 294 g/mol. The average Bonchev–Trinajstić information content (AvgIpc) is 3.10. The molecule has 6 nitrogen and oxygen atoms in total. The smallest absolute Gasteiger partial charge is 0.267 e. The standard InChI is InChI=1S/C17H21N3O3/c1-12(15-8-5-11-23-15)18-17(22)14-9-10-16(21)20(19-14)13-6-3-2-4-7-13/h2-4,6-7,12,15H,5,8-11H2,1H3,(H,18,22)/t12-,15-/m0/s1. The summed E-state index contributed by atoms with van der Waals surface area (Å²) in [7, 11) is 0. The molecule has 0 aromatic heterocycles. The van der Waals surface area contributed by atoms with Gasteiger partial charge in [-0.05, 0) is 31.9 Å². The predicted octanol–water partition coefficient (Wildman–Crippen LogP) is 1.85. The number of rotatable bonds is 4. The van der Waals surface area contributed by atoms with Crippen molar-refractivity contribution in [3.63, 3.8) is 0 Å². The lowest BCUT2D eigenvalue weighted by Gasteiger charge is -2.25. The van der Waals surface area contributed by atoms with Gasteiger partial charge in [-0.25, -0.2) is 5.01 Å². The Kier molecular flexibility index (Phi) is 4.71. The van der Waals surface area contributed by atoms with E-state index in [1.165, 1.54) is 5.01 Å². The highest BCUT2D eigenvalue weighted by atomic mass is 16.5. The van der Waals surface area contributed by atoms with Crippen molar-refractivity contribution in [3.05, 3.63) is 30.3 Å². The topological polar surface area (TPSA) is 71.0 Å². The van der Waals surface area contributed by atoms with Crippen LogP contribution in [0.5, 0.6) is 0 Å². The molecule has 23 heavy (non-hydrogen) atoms. The van der Waals surface area contributed by atoms with Crippen LogP contribution in [0.1, 0.15) is 32.6 Å². The SMILES string of the molecule is C[C@H](NC(=O)C1=NN(c2ccccc2)C(=O)CC1)[C@@H]1CCCO1. The lowest BCUT2D eigenvalue weighted by Crippen LogP contribution is -2.46. The van der Waals surface area contributed by atoms with Gasteiger partial charge in [-0.2, -0.15) is 5.10 Å². The fourth-order valence-corrected chi connectivity index (χ4v) is 2.87. The van der Waals surface area contributed by atoms with Gasteiger partial charge >= 0.3 is 0 Å². The minimum Gasteiger partial charge on any atom is -0.376 e. The number of para-hydroxylation sites is 1.